The number of fused-ring (bicyclic) bond motifs is 2. The van der Waals surface area contributed by atoms with Gasteiger partial charge >= 0.3 is 0 Å². The monoisotopic (exact) mass is 781 g/mol. The van der Waals surface area contributed by atoms with E-state index in [4.69, 9.17) is 23.7 Å². The van der Waals surface area contributed by atoms with Crippen molar-refractivity contribution in [2.45, 2.75) is 78.3 Å². The first-order valence-corrected chi connectivity index (χ1v) is 21.6. The molecule has 12 heteroatoms. The van der Waals surface area contributed by atoms with Gasteiger partial charge in [0.1, 0.15) is 11.5 Å². The number of amides is 1. The molecule has 1 N–H and O–H groups in total. The average Bonchev–Trinajstić information content (AvgIpc) is 3.16. The van der Waals surface area contributed by atoms with E-state index < -0.39 is 9.84 Å². The summed E-state index contributed by atoms with van der Waals surface area (Å²) in [5.41, 5.74) is 6.02. The summed E-state index contributed by atoms with van der Waals surface area (Å²) in [4.78, 5) is 16.6. The predicted octanol–water partition coefficient (Wildman–Crippen LogP) is 6.34. The largest absolute Gasteiger partial charge is 0.456 e. The first kappa shape index (κ1) is 44.2. The fourth-order valence-corrected chi connectivity index (χ4v) is 8.15. The van der Waals surface area contributed by atoms with Gasteiger partial charge in [-0.25, -0.2) is 8.42 Å². The van der Waals surface area contributed by atoms with E-state index in [2.05, 4.69) is 79.2 Å². The molecule has 0 bridgehead atoms. The second kappa shape index (κ2) is 22.3. The second-order valence-electron chi connectivity index (χ2n) is 13.9. The van der Waals surface area contributed by atoms with Gasteiger partial charge in [-0.15, -0.1) is 0 Å². The molecule has 1 atom stereocenters. The molecule has 4 rings (SSSR count). The molecule has 2 aromatic rings. The Bertz CT molecular complexity index is 1750. The van der Waals surface area contributed by atoms with Gasteiger partial charge < -0.3 is 33.9 Å². The van der Waals surface area contributed by atoms with Crippen LogP contribution in [0.4, 0.5) is 5.69 Å². The lowest BCUT2D eigenvalue weighted by Gasteiger charge is -2.33. The Kier molecular flexibility index (Phi) is 17.9. The number of hydrogen-bond donors (Lipinski definition) is 1. The van der Waals surface area contributed by atoms with Gasteiger partial charge in [0.15, 0.2) is 9.84 Å². The van der Waals surface area contributed by atoms with Crippen LogP contribution >= 0.6 is 0 Å². The summed E-state index contributed by atoms with van der Waals surface area (Å²) in [5.74, 6) is 1.61. The van der Waals surface area contributed by atoms with Gasteiger partial charge in [-0.05, 0) is 95.6 Å². The molecule has 1 aliphatic carbocycles. The molecular weight excluding hydrogens is 719 g/mol. The molecule has 0 fully saturated rings. The third kappa shape index (κ3) is 12.7. The van der Waals surface area contributed by atoms with E-state index in [1.54, 1.807) is 12.1 Å². The average molecular weight is 782 g/mol. The van der Waals surface area contributed by atoms with Crippen molar-refractivity contribution in [3.05, 3.63) is 82.6 Å². The minimum atomic E-state index is -3.52. The molecule has 0 aromatic heterocycles. The highest BCUT2D eigenvalue weighted by Crippen LogP contribution is 2.45. The Morgan fingerprint density at radius 2 is 1.44 bits per heavy atom. The van der Waals surface area contributed by atoms with Crippen LogP contribution in [0.3, 0.4) is 0 Å². The smallest absolute Gasteiger partial charge is 0.222 e. The Morgan fingerprint density at radius 1 is 0.818 bits per heavy atom. The van der Waals surface area contributed by atoms with Crippen molar-refractivity contribution in [3.63, 3.8) is 0 Å². The van der Waals surface area contributed by atoms with E-state index >= 15 is 0 Å². The summed E-state index contributed by atoms with van der Waals surface area (Å²) in [6, 6.07) is 12.1. The van der Waals surface area contributed by atoms with Crippen molar-refractivity contribution in [1.82, 2.24) is 10.2 Å². The van der Waals surface area contributed by atoms with Crippen LogP contribution in [0, 0.1) is 6.92 Å². The van der Waals surface area contributed by atoms with Gasteiger partial charge in [0.25, 0.3) is 0 Å². The molecule has 0 saturated heterocycles. The number of allylic oxidation sites excluding steroid dienone is 1. The summed E-state index contributed by atoms with van der Waals surface area (Å²) in [6.07, 6.45) is 7.30. The lowest BCUT2D eigenvalue weighted by molar-refractivity contribution is -0.122. The fourth-order valence-electron chi connectivity index (χ4n) is 6.79. The summed E-state index contributed by atoms with van der Waals surface area (Å²) in [7, 11) is -3.52. The third-order valence-corrected chi connectivity index (χ3v) is 11.5. The quantitative estimate of drug-likeness (QED) is 0.114. The second-order valence-corrected chi connectivity index (χ2v) is 16.0. The highest BCUT2D eigenvalue weighted by atomic mass is 32.2. The number of anilines is 1. The summed E-state index contributed by atoms with van der Waals surface area (Å²) >= 11 is 0. The molecule has 0 radical (unpaired) electrons. The van der Waals surface area contributed by atoms with Crippen LogP contribution < -0.4 is 15.0 Å². The van der Waals surface area contributed by atoms with E-state index in [0.717, 1.165) is 71.2 Å². The molecule has 0 spiro atoms. The van der Waals surface area contributed by atoms with Gasteiger partial charge in [-0.3, -0.25) is 9.69 Å². The molecule has 2 aliphatic rings. The molecular formula is C43H63N3O8S. The maximum atomic E-state index is 13.4. The summed E-state index contributed by atoms with van der Waals surface area (Å²) < 4.78 is 55.6. The molecule has 1 heterocycles. The van der Waals surface area contributed by atoms with Crippen LogP contribution in [0.1, 0.15) is 71.1 Å². The highest BCUT2D eigenvalue weighted by molar-refractivity contribution is 7.91. The van der Waals surface area contributed by atoms with E-state index in [1.807, 2.05) is 26.8 Å². The summed E-state index contributed by atoms with van der Waals surface area (Å²) in [6.45, 7) is 21.2. The van der Waals surface area contributed by atoms with Crippen LogP contribution in [0.5, 0.6) is 5.75 Å². The number of ether oxygens (including phenoxy) is 5. The van der Waals surface area contributed by atoms with Crippen molar-refractivity contribution >= 4 is 27.0 Å². The van der Waals surface area contributed by atoms with E-state index in [1.165, 1.54) is 0 Å². The first-order valence-electron chi connectivity index (χ1n) is 19.9. The zero-order valence-electron chi connectivity index (χ0n) is 34.0. The summed E-state index contributed by atoms with van der Waals surface area (Å²) in [5, 5.41) is 2.82. The topological polar surface area (TPSA) is 116 Å². The minimum absolute atomic E-state index is 0.00786. The van der Waals surface area contributed by atoms with Crippen molar-refractivity contribution < 1.29 is 36.9 Å². The zero-order valence-corrected chi connectivity index (χ0v) is 34.8. The number of benzene rings is 2. The Labute approximate surface area is 329 Å². The van der Waals surface area contributed by atoms with Crippen LogP contribution in [0.15, 0.2) is 70.9 Å². The van der Waals surface area contributed by atoms with Crippen LogP contribution in [0.2, 0.25) is 0 Å². The zero-order chi connectivity index (χ0) is 39.8. The SMILES string of the molecule is CCN(CC)c1ccc2c(c1)OC1=CC(N(CC)CC)C=CC1=C2c1ccc(S(=O)(=O)CCCOCCOCCOCCOCCC(=O)NC(C)C)cc1C. The highest BCUT2D eigenvalue weighted by Gasteiger charge is 2.30. The number of aryl methyl sites for hydroxylation is 1. The molecule has 11 nitrogen and oxygen atoms in total. The molecule has 0 saturated carbocycles. The molecule has 1 unspecified atom stereocenters. The number of hydrogen-bond acceptors (Lipinski definition) is 10. The van der Waals surface area contributed by atoms with Crippen molar-refractivity contribution in [3.8, 4) is 5.75 Å². The van der Waals surface area contributed by atoms with E-state index in [0.29, 0.717) is 70.6 Å². The third-order valence-electron chi connectivity index (χ3n) is 9.70. The van der Waals surface area contributed by atoms with Crippen molar-refractivity contribution in [2.24, 2.45) is 0 Å². The predicted molar refractivity (Wildman–Crippen MR) is 220 cm³/mol. The Hall–Kier alpha value is -3.52. The van der Waals surface area contributed by atoms with Gasteiger partial charge in [0, 0.05) is 60.6 Å². The maximum absolute atomic E-state index is 13.4. The maximum Gasteiger partial charge on any atom is 0.222 e. The van der Waals surface area contributed by atoms with Crippen molar-refractivity contribution in [2.75, 3.05) is 89.7 Å². The van der Waals surface area contributed by atoms with Crippen LogP contribution in [0.25, 0.3) is 5.57 Å². The number of rotatable bonds is 25. The van der Waals surface area contributed by atoms with E-state index in [9.17, 15) is 13.2 Å². The first-order chi connectivity index (χ1) is 26.5. The lowest BCUT2D eigenvalue weighted by atomic mass is 9.85. The Balaban J connectivity index is 1.29. The number of sulfone groups is 1. The fraction of sp³-hybridized carbons (Fsp3) is 0.558. The van der Waals surface area contributed by atoms with Gasteiger partial charge in [-0.1, -0.05) is 32.1 Å². The normalized spacial score (nSPS) is 15.2. The van der Waals surface area contributed by atoms with Gasteiger partial charge in [-0.2, -0.15) is 0 Å². The van der Waals surface area contributed by atoms with Crippen LogP contribution in [-0.4, -0.2) is 116 Å². The van der Waals surface area contributed by atoms with Crippen molar-refractivity contribution in [1.29, 1.82) is 0 Å². The molecule has 1 aliphatic heterocycles. The van der Waals surface area contributed by atoms with Gasteiger partial charge in [0.2, 0.25) is 5.91 Å². The molecule has 2 aromatic carbocycles. The number of likely N-dealkylation sites (N-methyl/N-ethyl adjacent to an activating group) is 1. The molecule has 304 valence electrons. The molecule has 1 amide bonds. The standard InChI is InChI=1S/C43H63N3O8S/c1-8-45(9-2)34-13-16-38-40(30-34)54-41-31-35(46(10-3)11-4)14-17-39(41)43(38)37-18-15-36(29-33(37)7)55(48,49)28-12-20-50-22-24-52-26-27-53-25-23-51-21-19-42(47)44-32(5)6/h13-18,29-32,34H,8-12,19-28H2,1-7H3,(H,44,47). The van der Waals surface area contributed by atoms with E-state index in [-0.39, 0.29) is 23.7 Å². The van der Waals surface area contributed by atoms with Gasteiger partial charge in [0.05, 0.1) is 62.9 Å². The number of carbonyl (C=O) groups is 1. The number of nitrogens with zero attached hydrogens (tertiary/aromatic N) is 2. The Morgan fingerprint density at radius 3 is 2.04 bits per heavy atom. The number of carbonyl (C=O) groups excluding carboxylic acids is 1. The lowest BCUT2D eigenvalue weighted by Crippen LogP contribution is -2.34. The molecule has 55 heavy (non-hydrogen) atoms. The van der Waals surface area contributed by atoms with Crippen LogP contribution in [-0.2, 0) is 33.6 Å². The number of nitrogens with one attached hydrogen (secondary N) is 1. The minimum Gasteiger partial charge on any atom is -0.456 e.